The maximum Gasteiger partial charge on any atom is 0.134 e. The lowest BCUT2D eigenvalue weighted by atomic mass is 9.90. The molecule has 4 heteroatoms. The van der Waals surface area contributed by atoms with Crippen molar-refractivity contribution < 1.29 is 4.39 Å². The first-order chi connectivity index (χ1) is 12.7. The molecule has 128 valence electrons. The summed E-state index contributed by atoms with van der Waals surface area (Å²) in [4.78, 5) is 4.87. The van der Waals surface area contributed by atoms with E-state index in [2.05, 4.69) is 29.6 Å². The predicted molar refractivity (Wildman–Crippen MR) is 105 cm³/mol. The molecule has 0 unspecified atom stereocenters. The van der Waals surface area contributed by atoms with Crippen LogP contribution in [0.15, 0.2) is 54.6 Å². The predicted octanol–water partition coefficient (Wildman–Crippen LogP) is 5.49. The van der Waals surface area contributed by atoms with Crippen LogP contribution in [-0.2, 0) is 13.0 Å². The third-order valence-corrected chi connectivity index (χ3v) is 5.46. The van der Waals surface area contributed by atoms with Gasteiger partial charge in [0.2, 0.25) is 0 Å². The molecule has 0 aliphatic carbocycles. The Balaban J connectivity index is 1.94. The first-order valence-corrected chi connectivity index (χ1v) is 9.10. The van der Waals surface area contributed by atoms with E-state index in [4.69, 9.17) is 16.6 Å². The van der Waals surface area contributed by atoms with Gasteiger partial charge >= 0.3 is 0 Å². The SMILES string of the molecule is Fc1cccc(Cl)c1-c1nc2ccc3ccccc3c2c2c1CNCC2. The van der Waals surface area contributed by atoms with Gasteiger partial charge in [-0.1, -0.05) is 48.0 Å². The summed E-state index contributed by atoms with van der Waals surface area (Å²) in [6.45, 7) is 1.57. The molecule has 1 aliphatic rings. The number of pyridine rings is 1. The Morgan fingerprint density at radius 2 is 1.85 bits per heavy atom. The highest BCUT2D eigenvalue weighted by atomic mass is 35.5. The summed E-state index contributed by atoms with van der Waals surface area (Å²) in [5, 5.41) is 7.36. The number of halogens is 2. The molecule has 0 radical (unpaired) electrons. The lowest BCUT2D eigenvalue weighted by Gasteiger charge is -2.23. The van der Waals surface area contributed by atoms with Crippen molar-refractivity contribution >= 4 is 33.3 Å². The van der Waals surface area contributed by atoms with Crippen LogP contribution in [0.2, 0.25) is 5.02 Å². The maximum absolute atomic E-state index is 14.6. The third-order valence-electron chi connectivity index (χ3n) is 5.14. The average molecular weight is 363 g/mol. The van der Waals surface area contributed by atoms with Crippen LogP contribution in [0.1, 0.15) is 11.1 Å². The lowest BCUT2D eigenvalue weighted by molar-refractivity contribution is 0.626. The van der Waals surface area contributed by atoms with E-state index in [0.717, 1.165) is 24.0 Å². The molecular weight excluding hydrogens is 347 g/mol. The number of hydrogen-bond donors (Lipinski definition) is 1. The van der Waals surface area contributed by atoms with E-state index in [1.54, 1.807) is 12.1 Å². The lowest BCUT2D eigenvalue weighted by Crippen LogP contribution is -2.25. The topological polar surface area (TPSA) is 24.9 Å². The van der Waals surface area contributed by atoms with Crippen LogP contribution < -0.4 is 5.32 Å². The van der Waals surface area contributed by atoms with E-state index in [1.165, 1.54) is 27.8 Å². The van der Waals surface area contributed by atoms with Crippen LogP contribution in [0, 0.1) is 5.82 Å². The Morgan fingerprint density at radius 1 is 0.962 bits per heavy atom. The van der Waals surface area contributed by atoms with E-state index in [0.29, 0.717) is 22.8 Å². The average Bonchev–Trinajstić information content (AvgIpc) is 2.67. The fraction of sp³-hybridized carbons (Fsp3) is 0.136. The smallest absolute Gasteiger partial charge is 0.134 e. The zero-order valence-corrected chi connectivity index (χ0v) is 14.8. The van der Waals surface area contributed by atoms with Crippen LogP contribution in [0.3, 0.4) is 0 Å². The van der Waals surface area contributed by atoms with Crippen molar-refractivity contribution in [1.29, 1.82) is 0 Å². The molecule has 26 heavy (non-hydrogen) atoms. The number of fused-ring (bicyclic) bond motifs is 5. The first kappa shape index (κ1) is 15.7. The van der Waals surface area contributed by atoms with Crippen molar-refractivity contribution in [1.82, 2.24) is 10.3 Å². The monoisotopic (exact) mass is 362 g/mol. The second-order valence-electron chi connectivity index (χ2n) is 6.62. The number of nitrogens with zero attached hydrogens (tertiary/aromatic N) is 1. The van der Waals surface area contributed by atoms with Crippen LogP contribution >= 0.6 is 11.6 Å². The second-order valence-corrected chi connectivity index (χ2v) is 7.03. The Morgan fingerprint density at radius 3 is 2.73 bits per heavy atom. The summed E-state index contributed by atoms with van der Waals surface area (Å²) in [6.07, 6.45) is 0.890. The Hall–Kier alpha value is -2.49. The number of nitrogens with one attached hydrogen (secondary N) is 1. The van der Waals surface area contributed by atoms with Gasteiger partial charge in [-0.25, -0.2) is 9.37 Å². The highest BCUT2D eigenvalue weighted by Crippen LogP contribution is 2.38. The molecule has 2 heterocycles. The van der Waals surface area contributed by atoms with Crippen LogP contribution in [0.4, 0.5) is 4.39 Å². The van der Waals surface area contributed by atoms with E-state index >= 15 is 0 Å². The van der Waals surface area contributed by atoms with Crippen molar-refractivity contribution in [3.63, 3.8) is 0 Å². The molecule has 1 N–H and O–H groups in total. The molecule has 1 aromatic heterocycles. The molecule has 3 aromatic carbocycles. The first-order valence-electron chi connectivity index (χ1n) is 8.72. The van der Waals surface area contributed by atoms with Gasteiger partial charge in [-0.15, -0.1) is 0 Å². The summed E-state index contributed by atoms with van der Waals surface area (Å²) >= 11 is 6.35. The van der Waals surface area contributed by atoms with Crippen LogP contribution in [0.25, 0.3) is 32.9 Å². The van der Waals surface area contributed by atoms with Gasteiger partial charge in [0.05, 0.1) is 21.8 Å². The number of benzene rings is 3. The highest BCUT2D eigenvalue weighted by Gasteiger charge is 2.23. The van der Waals surface area contributed by atoms with E-state index in [-0.39, 0.29) is 5.82 Å². The van der Waals surface area contributed by atoms with Crippen molar-refractivity contribution in [2.45, 2.75) is 13.0 Å². The van der Waals surface area contributed by atoms with Gasteiger partial charge < -0.3 is 5.32 Å². The minimum absolute atomic E-state index is 0.335. The minimum atomic E-state index is -0.335. The fourth-order valence-corrected chi connectivity index (χ4v) is 4.23. The molecule has 2 nitrogen and oxygen atoms in total. The van der Waals surface area contributed by atoms with E-state index in [1.807, 2.05) is 12.1 Å². The molecule has 0 atom stereocenters. The second kappa shape index (κ2) is 6.04. The molecule has 0 spiro atoms. The van der Waals surface area contributed by atoms with Gasteiger partial charge in [0, 0.05) is 11.9 Å². The minimum Gasteiger partial charge on any atom is -0.312 e. The molecule has 4 aromatic rings. The van der Waals surface area contributed by atoms with Crippen molar-refractivity contribution in [2.75, 3.05) is 6.54 Å². The van der Waals surface area contributed by atoms with Gasteiger partial charge in [0.25, 0.3) is 0 Å². The highest BCUT2D eigenvalue weighted by molar-refractivity contribution is 6.33. The largest absolute Gasteiger partial charge is 0.312 e. The number of rotatable bonds is 1. The van der Waals surface area contributed by atoms with Crippen LogP contribution in [0.5, 0.6) is 0 Å². The third kappa shape index (κ3) is 2.32. The van der Waals surface area contributed by atoms with E-state index in [9.17, 15) is 4.39 Å². The molecule has 1 aliphatic heterocycles. The normalized spacial score (nSPS) is 13.9. The van der Waals surface area contributed by atoms with Gasteiger partial charge in [-0.2, -0.15) is 0 Å². The number of hydrogen-bond acceptors (Lipinski definition) is 2. The standard InChI is InChI=1S/C22H16ClFN2/c23-17-6-3-7-18(24)21(17)22-16-12-25-11-10-15(16)20-14-5-2-1-4-13(14)8-9-19(20)26-22/h1-9,25H,10-12H2. The fourth-order valence-electron chi connectivity index (χ4n) is 3.98. The molecular formula is C22H16ClFN2. The number of aromatic nitrogens is 1. The van der Waals surface area contributed by atoms with Crippen molar-refractivity contribution in [3.05, 3.63) is 76.6 Å². The zero-order chi connectivity index (χ0) is 17.7. The van der Waals surface area contributed by atoms with E-state index < -0.39 is 0 Å². The summed E-state index contributed by atoms with van der Waals surface area (Å²) < 4.78 is 14.6. The van der Waals surface area contributed by atoms with Gasteiger partial charge in [-0.3, -0.25) is 0 Å². The van der Waals surface area contributed by atoms with Gasteiger partial charge in [-0.05, 0) is 53.1 Å². The van der Waals surface area contributed by atoms with Crippen LogP contribution in [-0.4, -0.2) is 11.5 Å². The molecule has 0 amide bonds. The Labute approximate surface area is 155 Å². The Kier molecular flexibility index (Phi) is 3.66. The summed E-state index contributed by atoms with van der Waals surface area (Å²) in [6, 6.07) is 17.2. The van der Waals surface area contributed by atoms with Gasteiger partial charge in [0.1, 0.15) is 5.82 Å². The molecule has 0 fully saturated rings. The summed E-state index contributed by atoms with van der Waals surface area (Å²) in [5.74, 6) is -0.335. The van der Waals surface area contributed by atoms with Crippen molar-refractivity contribution in [3.8, 4) is 11.3 Å². The molecule has 0 saturated heterocycles. The van der Waals surface area contributed by atoms with Crippen molar-refractivity contribution in [2.24, 2.45) is 0 Å². The maximum atomic E-state index is 14.6. The quantitative estimate of drug-likeness (QED) is 0.453. The summed E-state index contributed by atoms with van der Waals surface area (Å²) in [5.41, 5.74) is 4.23. The Bertz CT molecular complexity index is 1150. The zero-order valence-electron chi connectivity index (χ0n) is 14.0. The van der Waals surface area contributed by atoms with Gasteiger partial charge in [0.15, 0.2) is 0 Å². The molecule has 0 bridgehead atoms. The summed E-state index contributed by atoms with van der Waals surface area (Å²) in [7, 11) is 0. The molecule has 0 saturated carbocycles. The molecule has 5 rings (SSSR count).